The molecule has 2 N–H and O–H groups in total. The quantitative estimate of drug-likeness (QED) is 0.825. The van der Waals surface area contributed by atoms with E-state index in [1.54, 1.807) is 23.0 Å². The molecule has 1 aliphatic heterocycles. The van der Waals surface area contributed by atoms with Gasteiger partial charge in [0.2, 0.25) is 0 Å². The summed E-state index contributed by atoms with van der Waals surface area (Å²) >= 11 is 0. The number of fused-ring (bicyclic) bond motifs is 1. The maximum atomic E-state index is 11.7. The summed E-state index contributed by atoms with van der Waals surface area (Å²) in [6, 6.07) is 1.76. The predicted octanol–water partition coefficient (Wildman–Crippen LogP) is 0.0533. The molecule has 0 saturated carbocycles. The number of morpholine rings is 1. The second-order valence-corrected chi connectivity index (χ2v) is 4.58. The number of nitrogens with zero attached hydrogens (tertiary/aromatic N) is 4. The molecule has 1 saturated heterocycles. The van der Waals surface area contributed by atoms with Crippen molar-refractivity contribution in [1.29, 1.82) is 0 Å². The highest BCUT2D eigenvalue weighted by molar-refractivity contribution is 6.03. The molecule has 2 aromatic rings. The highest BCUT2D eigenvalue weighted by Gasteiger charge is 2.26. The van der Waals surface area contributed by atoms with Gasteiger partial charge in [-0.15, -0.1) is 5.10 Å². The highest BCUT2D eigenvalue weighted by atomic mass is 16.5. The largest absolute Gasteiger partial charge is 0.375 e. The third-order valence-corrected chi connectivity index (χ3v) is 3.16. The van der Waals surface area contributed by atoms with Crippen molar-refractivity contribution in [2.75, 3.05) is 24.6 Å². The average molecular weight is 261 g/mol. The molecule has 0 aliphatic carbocycles. The number of ether oxygens (including phenoxy) is 1. The summed E-state index contributed by atoms with van der Waals surface area (Å²) in [6.07, 6.45) is 3.48. The molecule has 3 heterocycles. The number of anilines is 1. The van der Waals surface area contributed by atoms with Crippen LogP contribution < -0.4 is 10.6 Å². The summed E-state index contributed by atoms with van der Waals surface area (Å²) in [5, 5.41) is 4.42. The summed E-state index contributed by atoms with van der Waals surface area (Å²) in [4.78, 5) is 17.9. The van der Waals surface area contributed by atoms with Gasteiger partial charge in [0.05, 0.1) is 12.7 Å². The lowest BCUT2D eigenvalue weighted by atomic mass is 10.2. The molecule has 19 heavy (non-hydrogen) atoms. The van der Waals surface area contributed by atoms with Crippen LogP contribution in [-0.2, 0) is 4.74 Å². The number of nitrogens with two attached hydrogens (primary N) is 1. The minimum absolute atomic E-state index is 0.104. The number of amides is 1. The van der Waals surface area contributed by atoms with Gasteiger partial charge in [-0.2, -0.15) is 0 Å². The van der Waals surface area contributed by atoms with Crippen molar-refractivity contribution in [2.24, 2.45) is 5.73 Å². The summed E-state index contributed by atoms with van der Waals surface area (Å²) in [5.41, 5.74) is 6.34. The zero-order valence-electron chi connectivity index (χ0n) is 10.6. The third kappa shape index (κ3) is 2.01. The summed E-state index contributed by atoms with van der Waals surface area (Å²) in [6.45, 7) is 3.98. The standard InChI is InChI=1S/C12H15N5O2/c1-8-7-16(5-6-19-8)12-9(10(13)18)11-14-3-2-4-17(11)15-12/h2-4,8H,5-7H2,1H3,(H2,13,18)/t8-/m1/s1. The van der Waals surface area contributed by atoms with Crippen molar-refractivity contribution < 1.29 is 9.53 Å². The first kappa shape index (κ1) is 11.9. The molecule has 7 nitrogen and oxygen atoms in total. The number of carbonyl (C=O) groups is 1. The van der Waals surface area contributed by atoms with Gasteiger partial charge in [0.15, 0.2) is 11.5 Å². The second kappa shape index (κ2) is 4.51. The van der Waals surface area contributed by atoms with Gasteiger partial charge in [0.1, 0.15) is 5.56 Å². The Kier molecular flexibility index (Phi) is 2.83. The van der Waals surface area contributed by atoms with Crippen molar-refractivity contribution in [3.8, 4) is 0 Å². The van der Waals surface area contributed by atoms with E-state index in [9.17, 15) is 4.79 Å². The van der Waals surface area contributed by atoms with Crippen molar-refractivity contribution in [2.45, 2.75) is 13.0 Å². The van der Waals surface area contributed by atoms with Crippen LogP contribution in [0.2, 0.25) is 0 Å². The SMILES string of the molecule is C[C@@H]1CN(c2nn3cccnc3c2C(N)=O)CCO1. The Morgan fingerprint density at radius 3 is 3.16 bits per heavy atom. The van der Waals surface area contributed by atoms with Crippen LogP contribution in [0.5, 0.6) is 0 Å². The Hall–Kier alpha value is -2.15. The van der Waals surface area contributed by atoms with Gasteiger partial charge in [-0.05, 0) is 13.0 Å². The normalized spacial score (nSPS) is 19.8. The molecule has 2 aromatic heterocycles. The number of carbonyl (C=O) groups excluding carboxylic acids is 1. The summed E-state index contributed by atoms with van der Waals surface area (Å²) < 4.78 is 7.07. The van der Waals surface area contributed by atoms with E-state index in [4.69, 9.17) is 10.5 Å². The summed E-state index contributed by atoms with van der Waals surface area (Å²) in [5.74, 6) is 0.0733. The van der Waals surface area contributed by atoms with E-state index in [1.165, 1.54) is 0 Å². The van der Waals surface area contributed by atoms with Crippen LogP contribution in [0.1, 0.15) is 17.3 Å². The molecule has 0 unspecified atom stereocenters. The fourth-order valence-electron chi connectivity index (χ4n) is 2.33. The molecule has 1 atom stereocenters. The fraction of sp³-hybridized carbons (Fsp3) is 0.417. The molecule has 3 rings (SSSR count). The molecular weight excluding hydrogens is 246 g/mol. The number of hydrogen-bond acceptors (Lipinski definition) is 5. The molecule has 1 fully saturated rings. The van der Waals surface area contributed by atoms with Crippen LogP contribution in [0.25, 0.3) is 5.65 Å². The molecule has 7 heteroatoms. The smallest absolute Gasteiger partial charge is 0.256 e. The van der Waals surface area contributed by atoms with Crippen molar-refractivity contribution in [1.82, 2.24) is 14.6 Å². The molecule has 1 aliphatic rings. The molecule has 0 radical (unpaired) electrons. The Morgan fingerprint density at radius 1 is 1.58 bits per heavy atom. The minimum Gasteiger partial charge on any atom is -0.375 e. The lowest BCUT2D eigenvalue weighted by Crippen LogP contribution is -2.42. The molecule has 0 bridgehead atoms. The Labute approximate surface area is 110 Å². The highest BCUT2D eigenvalue weighted by Crippen LogP contribution is 2.23. The number of primary amides is 1. The molecule has 1 amide bonds. The second-order valence-electron chi connectivity index (χ2n) is 4.58. The van der Waals surface area contributed by atoms with Crippen LogP contribution in [0.15, 0.2) is 18.5 Å². The first-order chi connectivity index (χ1) is 9.16. The van der Waals surface area contributed by atoms with Gasteiger partial charge in [-0.3, -0.25) is 4.79 Å². The Balaban J connectivity index is 2.11. The van der Waals surface area contributed by atoms with Gasteiger partial charge in [-0.25, -0.2) is 9.50 Å². The van der Waals surface area contributed by atoms with Crippen LogP contribution in [-0.4, -0.2) is 46.3 Å². The van der Waals surface area contributed by atoms with Gasteiger partial charge in [0, 0.05) is 25.5 Å². The van der Waals surface area contributed by atoms with Gasteiger partial charge in [0.25, 0.3) is 5.91 Å². The zero-order valence-corrected chi connectivity index (χ0v) is 10.6. The maximum Gasteiger partial charge on any atom is 0.256 e. The maximum absolute atomic E-state index is 11.7. The zero-order chi connectivity index (χ0) is 13.4. The molecule has 0 aromatic carbocycles. The average Bonchev–Trinajstić information content (AvgIpc) is 2.78. The monoisotopic (exact) mass is 261 g/mol. The van der Waals surface area contributed by atoms with Crippen molar-refractivity contribution in [3.63, 3.8) is 0 Å². The van der Waals surface area contributed by atoms with Crippen LogP contribution in [0.3, 0.4) is 0 Å². The van der Waals surface area contributed by atoms with E-state index in [-0.39, 0.29) is 6.10 Å². The van der Waals surface area contributed by atoms with E-state index in [1.807, 2.05) is 11.8 Å². The predicted molar refractivity (Wildman–Crippen MR) is 69.1 cm³/mol. The molecular formula is C12H15N5O2. The summed E-state index contributed by atoms with van der Waals surface area (Å²) in [7, 11) is 0. The van der Waals surface area contributed by atoms with E-state index in [2.05, 4.69) is 10.1 Å². The van der Waals surface area contributed by atoms with E-state index < -0.39 is 5.91 Å². The number of aromatic nitrogens is 3. The molecule has 100 valence electrons. The first-order valence-electron chi connectivity index (χ1n) is 6.16. The Morgan fingerprint density at radius 2 is 2.42 bits per heavy atom. The third-order valence-electron chi connectivity index (χ3n) is 3.16. The van der Waals surface area contributed by atoms with Gasteiger partial charge < -0.3 is 15.4 Å². The van der Waals surface area contributed by atoms with Gasteiger partial charge >= 0.3 is 0 Å². The van der Waals surface area contributed by atoms with Crippen LogP contribution >= 0.6 is 0 Å². The van der Waals surface area contributed by atoms with E-state index in [0.29, 0.717) is 36.7 Å². The van der Waals surface area contributed by atoms with Crippen LogP contribution in [0, 0.1) is 0 Å². The number of hydrogen-bond donors (Lipinski definition) is 1. The minimum atomic E-state index is -0.511. The van der Waals surface area contributed by atoms with E-state index in [0.717, 1.165) is 0 Å². The molecule has 0 spiro atoms. The van der Waals surface area contributed by atoms with Crippen LogP contribution in [0.4, 0.5) is 5.82 Å². The van der Waals surface area contributed by atoms with Crippen molar-refractivity contribution >= 4 is 17.4 Å². The number of rotatable bonds is 2. The van der Waals surface area contributed by atoms with Gasteiger partial charge in [-0.1, -0.05) is 0 Å². The lowest BCUT2D eigenvalue weighted by molar-refractivity contribution is 0.0528. The lowest BCUT2D eigenvalue weighted by Gasteiger charge is -2.31. The van der Waals surface area contributed by atoms with Crippen molar-refractivity contribution in [3.05, 3.63) is 24.0 Å². The first-order valence-corrected chi connectivity index (χ1v) is 6.16. The Bertz CT molecular complexity index is 624. The topological polar surface area (TPSA) is 85.8 Å². The fourth-order valence-corrected chi connectivity index (χ4v) is 2.33. The van der Waals surface area contributed by atoms with E-state index >= 15 is 0 Å².